The van der Waals surface area contributed by atoms with E-state index in [0.717, 1.165) is 28.1 Å². The third kappa shape index (κ3) is 6.86. The lowest BCUT2D eigenvalue weighted by molar-refractivity contribution is -0.211. The first-order valence-electron chi connectivity index (χ1n) is 14.3. The van der Waals surface area contributed by atoms with Gasteiger partial charge in [-0.05, 0) is 0 Å². The van der Waals surface area contributed by atoms with Crippen molar-refractivity contribution >= 4 is 72.7 Å². The van der Waals surface area contributed by atoms with E-state index in [2.05, 4.69) is 34.4 Å². The van der Waals surface area contributed by atoms with Crippen LogP contribution in [0.2, 0.25) is 0 Å². The molecule has 0 saturated carbocycles. The summed E-state index contributed by atoms with van der Waals surface area (Å²) in [5, 5.41) is 11.3. The first kappa shape index (κ1) is 36.4. The lowest BCUT2D eigenvalue weighted by Gasteiger charge is -2.30. The monoisotopic (exact) mass is 882 g/mol. The number of alkyl halides is 3. The number of aromatic amines is 1. The molecule has 0 spiro atoms. The van der Waals surface area contributed by atoms with E-state index in [9.17, 15) is 42.0 Å². The summed E-state index contributed by atoms with van der Waals surface area (Å²) in [6, 6.07) is 0. The number of hydrogen-bond donors (Lipinski definition) is 6. The van der Waals surface area contributed by atoms with Crippen molar-refractivity contribution in [3.8, 4) is 0 Å². The number of nitrogens with two attached hydrogens (primary N) is 2. The predicted molar refractivity (Wildman–Crippen MR) is 166 cm³/mol. The Labute approximate surface area is 294 Å². The Morgan fingerprint density at radius 2 is 1.61 bits per heavy atom. The molecular weight excluding hydrogens is 858 g/mol. The second kappa shape index (κ2) is 13.2. The summed E-state index contributed by atoms with van der Waals surface area (Å²) < 4.78 is 110. The molecule has 4 aromatic heterocycles. The summed E-state index contributed by atoms with van der Waals surface area (Å²) in [6.45, 7) is -0.873. The number of aliphatic hydroxyl groups is 1. The van der Waals surface area contributed by atoms with Gasteiger partial charge in [0.1, 0.15) is 65.4 Å². The molecule has 278 valence electrons. The zero-order chi connectivity index (χ0) is 36.6. The molecule has 0 radical (unpaired) electrons. The van der Waals surface area contributed by atoms with Crippen LogP contribution in [0, 0.1) is 0 Å². The largest absolute Gasteiger partial charge is 0.473 e. The fourth-order valence-corrected chi connectivity index (χ4v) is 8.57. The Morgan fingerprint density at radius 3 is 2.31 bits per heavy atom. The van der Waals surface area contributed by atoms with E-state index in [1.807, 2.05) is 0 Å². The minimum atomic E-state index is -5.79. The van der Waals surface area contributed by atoms with Gasteiger partial charge in [0.25, 0.3) is 5.56 Å². The Morgan fingerprint density at radius 1 is 0.941 bits per heavy atom. The molecule has 8 N–H and O–H groups in total. The number of phosphoric acid groups is 2. The number of aliphatic hydroxyl groups excluding tert-OH is 1. The van der Waals surface area contributed by atoms with Crippen LogP contribution in [0.4, 0.5) is 24.9 Å². The van der Waals surface area contributed by atoms with Crippen molar-refractivity contribution in [2.75, 3.05) is 18.1 Å². The number of rotatable bonds is 3. The first-order chi connectivity index (χ1) is 24.0. The first-order valence-corrected chi connectivity index (χ1v) is 18.2. The summed E-state index contributed by atoms with van der Waals surface area (Å²) in [5.41, 5.74) is 10.2. The SMILES string of the molecule is Nc1nc2c(ncn2[C@@H]2O[C@@H]3COP(=O)(O)OC4C(O)[C@H](n5cnc6c(N)ncnc65)O[C@@H]4CC(C(F)(F)F)OP(=O)(O)OC2C3OI)c(=O)[nH]1. The minimum absolute atomic E-state index is 0.0297. The van der Waals surface area contributed by atoms with E-state index in [4.69, 9.17) is 37.6 Å². The van der Waals surface area contributed by atoms with E-state index in [1.165, 1.54) is 23.0 Å². The number of H-pyrrole nitrogens is 1. The average Bonchev–Trinajstić information content (AvgIpc) is 3.80. The maximum absolute atomic E-state index is 14.5. The number of ether oxygens (including phenoxy) is 2. The number of halogens is 4. The Kier molecular flexibility index (Phi) is 9.42. The van der Waals surface area contributed by atoms with Crippen LogP contribution in [0.5, 0.6) is 0 Å². The number of aromatic nitrogens is 8. The summed E-state index contributed by atoms with van der Waals surface area (Å²) in [4.78, 5) is 55.9. The number of nitrogens with zero attached hydrogens (tertiary/aromatic N) is 7. The van der Waals surface area contributed by atoms with Gasteiger partial charge in [-0.25, -0.2) is 29.1 Å². The summed E-state index contributed by atoms with van der Waals surface area (Å²) in [7, 11) is -11.1. The highest BCUT2D eigenvalue weighted by molar-refractivity contribution is 14.1. The van der Waals surface area contributed by atoms with Crippen molar-refractivity contribution in [1.29, 1.82) is 0 Å². The van der Waals surface area contributed by atoms with Crippen molar-refractivity contribution in [3.05, 3.63) is 29.3 Å². The summed E-state index contributed by atoms with van der Waals surface area (Å²) in [5.74, 6) is -0.454. The zero-order valence-corrected chi connectivity index (χ0v) is 28.9. The molecule has 3 aliphatic rings. The topological polar surface area (TPSA) is 319 Å². The normalized spacial score (nSPS) is 36.7. The number of phosphoric ester groups is 2. The van der Waals surface area contributed by atoms with Gasteiger partial charge in [0, 0.05) is 6.42 Å². The third-order valence-corrected chi connectivity index (χ3v) is 10.7. The highest BCUT2D eigenvalue weighted by Gasteiger charge is 2.57. The zero-order valence-electron chi connectivity index (χ0n) is 25.0. The molecule has 0 aromatic carbocycles. The molecule has 3 aliphatic heterocycles. The molecule has 7 heterocycles. The lowest BCUT2D eigenvalue weighted by atomic mass is 10.0. The van der Waals surface area contributed by atoms with Crippen LogP contribution < -0.4 is 17.0 Å². The number of nitrogen functional groups attached to an aromatic ring is 2. The molecule has 11 atom stereocenters. The fourth-order valence-electron chi connectivity index (χ4n) is 5.88. The van der Waals surface area contributed by atoms with Crippen LogP contribution in [0.3, 0.4) is 0 Å². The summed E-state index contributed by atoms with van der Waals surface area (Å²) in [6.07, 6.45) is -21.1. The molecule has 3 fully saturated rings. The van der Waals surface area contributed by atoms with Crippen LogP contribution >= 0.6 is 38.7 Å². The molecule has 4 aromatic rings. The van der Waals surface area contributed by atoms with Gasteiger partial charge in [-0.1, -0.05) is 0 Å². The van der Waals surface area contributed by atoms with Gasteiger partial charge in [0.05, 0.1) is 25.4 Å². The van der Waals surface area contributed by atoms with Crippen LogP contribution in [0.15, 0.2) is 23.8 Å². The number of anilines is 2. The maximum atomic E-state index is 14.5. The number of nitrogens with one attached hydrogen (secondary N) is 1. The Bertz CT molecular complexity index is 2120. The van der Waals surface area contributed by atoms with Gasteiger partial charge in [-0.15, -0.1) is 0 Å². The summed E-state index contributed by atoms with van der Waals surface area (Å²) >= 11 is 1.33. The molecule has 7 unspecified atom stereocenters. The molecule has 3 saturated heterocycles. The van der Waals surface area contributed by atoms with E-state index in [-0.39, 0.29) is 34.1 Å². The number of imidazole rings is 2. The molecule has 29 heteroatoms. The fraction of sp³-hybridized carbons (Fsp3) is 0.545. The highest BCUT2D eigenvalue weighted by atomic mass is 127. The van der Waals surface area contributed by atoms with E-state index < -0.39 is 95.6 Å². The van der Waals surface area contributed by atoms with Gasteiger partial charge < -0.3 is 38.9 Å². The van der Waals surface area contributed by atoms with Crippen LogP contribution in [-0.2, 0) is 39.8 Å². The number of fused-ring (bicyclic) bond motifs is 5. The predicted octanol–water partition coefficient (Wildman–Crippen LogP) is 0.354. The van der Waals surface area contributed by atoms with Gasteiger partial charge in [0.15, 0.2) is 41.2 Å². The molecular formula is C22H24F3IN10O13P2. The molecule has 23 nitrogen and oxygen atoms in total. The van der Waals surface area contributed by atoms with Crippen LogP contribution in [0.25, 0.3) is 22.3 Å². The molecule has 0 aliphatic carbocycles. The third-order valence-electron chi connectivity index (χ3n) is 8.07. The minimum Gasteiger partial charge on any atom is -0.386 e. The standard InChI is InChI=1S/C22H24F3IN10O13P2/c23-22(24,25)8-1-6-12(11(37)19(44-6)35-4-31-9-15(27)29-3-30-16(9)35)48-50(39,40)43-2-7-13(46-26)14(49-51(41,42)47-8)20(45-7)36-5-32-10-17(36)33-21(28)34-18(10)38/h3-8,11-14,19-20,37H,1-2H2,(H,39,40)(H,41,42)(H2,27,29,30)(H3,28,33,34,38)/t6-,7-,8?,11?,12?,13?,14?,19-,20-/m1/s1. The number of hydrogen-bond acceptors (Lipinski definition) is 18. The van der Waals surface area contributed by atoms with Crippen molar-refractivity contribution in [1.82, 2.24) is 39.0 Å². The Balaban J connectivity index is 1.27. The van der Waals surface area contributed by atoms with Crippen LogP contribution in [-0.4, -0.2) is 109 Å². The molecule has 7 rings (SSSR count). The van der Waals surface area contributed by atoms with E-state index in [1.54, 1.807) is 0 Å². The van der Waals surface area contributed by atoms with Crippen molar-refractivity contribution in [2.45, 2.75) is 67.8 Å². The maximum Gasteiger partial charge on any atom is 0.473 e. The molecule has 51 heavy (non-hydrogen) atoms. The highest BCUT2D eigenvalue weighted by Crippen LogP contribution is 2.56. The lowest BCUT2D eigenvalue weighted by Crippen LogP contribution is -2.41. The van der Waals surface area contributed by atoms with Crippen molar-refractivity contribution in [3.63, 3.8) is 0 Å². The van der Waals surface area contributed by atoms with E-state index in [0.29, 0.717) is 0 Å². The average molecular weight is 882 g/mol. The van der Waals surface area contributed by atoms with E-state index >= 15 is 0 Å². The Hall–Kier alpha value is -2.92. The van der Waals surface area contributed by atoms with Gasteiger partial charge >= 0.3 is 21.8 Å². The van der Waals surface area contributed by atoms with Crippen molar-refractivity contribution in [2.24, 2.45) is 0 Å². The van der Waals surface area contributed by atoms with Crippen molar-refractivity contribution < 1.29 is 67.8 Å². The quantitative estimate of drug-likeness (QED) is 0.119. The van der Waals surface area contributed by atoms with Gasteiger partial charge in [-0.3, -0.25) is 37.0 Å². The van der Waals surface area contributed by atoms with Crippen LogP contribution in [0.1, 0.15) is 18.9 Å². The molecule has 0 amide bonds. The smallest absolute Gasteiger partial charge is 0.386 e. The second-order valence-corrected chi connectivity index (χ2v) is 14.6. The van der Waals surface area contributed by atoms with Gasteiger partial charge in [0.2, 0.25) is 5.95 Å². The second-order valence-electron chi connectivity index (χ2n) is 11.3. The van der Waals surface area contributed by atoms with Gasteiger partial charge in [-0.2, -0.15) is 18.2 Å². The molecule has 2 bridgehead atoms.